The van der Waals surface area contributed by atoms with E-state index in [0.29, 0.717) is 0 Å². The van der Waals surface area contributed by atoms with Gasteiger partial charge in [-0.05, 0) is 30.8 Å². The Bertz CT molecular complexity index is 197. The highest BCUT2D eigenvalue weighted by atomic mass is 16.3. The highest BCUT2D eigenvalue weighted by Gasteiger charge is 2.49. The lowest BCUT2D eigenvalue weighted by Gasteiger charge is -2.50. The van der Waals surface area contributed by atoms with Gasteiger partial charge in [-0.15, -0.1) is 6.58 Å². The Morgan fingerprint density at radius 1 is 1.55 bits per heavy atom. The quantitative estimate of drug-likeness (QED) is 0.602. The Morgan fingerprint density at radius 2 is 2.00 bits per heavy atom. The molecule has 0 aromatic heterocycles. The third-order valence-electron chi connectivity index (χ3n) is 2.68. The molecular formula is C10H16O. The van der Waals surface area contributed by atoms with Gasteiger partial charge in [0.05, 0.1) is 5.60 Å². The van der Waals surface area contributed by atoms with Crippen molar-refractivity contribution in [3.63, 3.8) is 0 Å². The van der Waals surface area contributed by atoms with Crippen molar-refractivity contribution in [2.24, 2.45) is 5.41 Å². The van der Waals surface area contributed by atoms with Crippen LogP contribution in [0.4, 0.5) is 0 Å². The smallest absolute Gasteiger partial charge is 0.0867 e. The molecule has 11 heavy (non-hydrogen) atoms. The third-order valence-corrected chi connectivity index (χ3v) is 2.68. The largest absolute Gasteiger partial charge is 0.385 e. The van der Waals surface area contributed by atoms with Crippen LogP contribution in [0.3, 0.4) is 0 Å². The molecule has 0 heterocycles. The molecule has 1 fully saturated rings. The van der Waals surface area contributed by atoms with Crippen LogP contribution < -0.4 is 0 Å². The summed E-state index contributed by atoms with van der Waals surface area (Å²) in [4.78, 5) is 0. The number of allylic oxidation sites excluding steroid dienone is 1. The highest BCUT2D eigenvalue weighted by molar-refractivity contribution is 5.22. The summed E-state index contributed by atoms with van der Waals surface area (Å²) in [5.41, 5.74) is 0.397. The van der Waals surface area contributed by atoms with Crippen LogP contribution in [0.1, 0.15) is 26.7 Å². The van der Waals surface area contributed by atoms with E-state index in [-0.39, 0.29) is 5.41 Å². The van der Waals surface area contributed by atoms with Crippen LogP contribution >= 0.6 is 0 Å². The first-order valence-electron chi connectivity index (χ1n) is 3.94. The zero-order chi connectivity index (χ0) is 8.70. The summed E-state index contributed by atoms with van der Waals surface area (Å²) in [6, 6.07) is 0. The van der Waals surface area contributed by atoms with E-state index in [1.807, 2.05) is 13.0 Å². The summed E-state index contributed by atoms with van der Waals surface area (Å²) in [5.74, 6) is 0. The van der Waals surface area contributed by atoms with E-state index in [0.717, 1.165) is 18.4 Å². The van der Waals surface area contributed by atoms with Crippen molar-refractivity contribution in [1.29, 1.82) is 0 Å². The first kappa shape index (κ1) is 8.54. The molecule has 0 aliphatic heterocycles. The molecule has 1 aliphatic rings. The van der Waals surface area contributed by atoms with Gasteiger partial charge < -0.3 is 5.11 Å². The monoisotopic (exact) mass is 152 g/mol. The number of aliphatic hydroxyl groups is 1. The van der Waals surface area contributed by atoms with E-state index < -0.39 is 5.60 Å². The summed E-state index contributed by atoms with van der Waals surface area (Å²) < 4.78 is 0. The summed E-state index contributed by atoms with van der Waals surface area (Å²) in [7, 11) is 0. The maximum atomic E-state index is 9.81. The Labute approximate surface area is 68.4 Å². The van der Waals surface area contributed by atoms with Gasteiger partial charge in [0.15, 0.2) is 0 Å². The fraction of sp³-hybridized carbons (Fsp3) is 0.600. The predicted octanol–water partition coefficient (Wildman–Crippen LogP) is 2.28. The minimum atomic E-state index is -0.608. The fourth-order valence-corrected chi connectivity index (χ4v) is 1.73. The van der Waals surface area contributed by atoms with Crippen LogP contribution in [-0.4, -0.2) is 10.7 Å². The SMILES string of the molecule is C=CC1(C)CC(O)(C(=C)C)C1. The van der Waals surface area contributed by atoms with Crippen molar-refractivity contribution in [2.75, 3.05) is 0 Å². The molecular weight excluding hydrogens is 136 g/mol. The number of rotatable bonds is 2. The lowest BCUT2D eigenvalue weighted by molar-refractivity contribution is -0.0684. The van der Waals surface area contributed by atoms with Crippen LogP contribution in [-0.2, 0) is 0 Å². The summed E-state index contributed by atoms with van der Waals surface area (Å²) >= 11 is 0. The molecule has 1 rings (SSSR count). The van der Waals surface area contributed by atoms with Crippen molar-refractivity contribution in [2.45, 2.75) is 32.3 Å². The molecule has 1 N–H and O–H groups in total. The molecule has 0 atom stereocenters. The molecule has 0 aromatic carbocycles. The third kappa shape index (κ3) is 1.25. The van der Waals surface area contributed by atoms with E-state index in [2.05, 4.69) is 20.1 Å². The van der Waals surface area contributed by atoms with Crippen LogP contribution in [0.5, 0.6) is 0 Å². The van der Waals surface area contributed by atoms with Gasteiger partial charge in [0.2, 0.25) is 0 Å². The zero-order valence-corrected chi connectivity index (χ0v) is 7.35. The van der Waals surface area contributed by atoms with Gasteiger partial charge in [-0.25, -0.2) is 0 Å². The average Bonchev–Trinajstić information content (AvgIpc) is 1.84. The van der Waals surface area contributed by atoms with Crippen LogP contribution in [0.2, 0.25) is 0 Å². The molecule has 0 amide bonds. The average molecular weight is 152 g/mol. The van der Waals surface area contributed by atoms with E-state index in [1.165, 1.54) is 0 Å². The second-order valence-electron chi connectivity index (χ2n) is 4.02. The van der Waals surface area contributed by atoms with Gasteiger partial charge in [0, 0.05) is 0 Å². The maximum absolute atomic E-state index is 9.81. The lowest BCUT2D eigenvalue weighted by atomic mass is 9.58. The van der Waals surface area contributed by atoms with E-state index >= 15 is 0 Å². The molecule has 0 aromatic rings. The van der Waals surface area contributed by atoms with Crippen molar-refractivity contribution < 1.29 is 5.11 Å². The highest BCUT2D eigenvalue weighted by Crippen LogP contribution is 2.51. The van der Waals surface area contributed by atoms with Gasteiger partial charge >= 0.3 is 0 Å². The first-order chi connectivity index (χ1) is 4.92. The Balaban J connectivity index is 2.63. The van der Waals surface area contributed by atoms with Crippen LogP contribution in [0.25, 0.3) is 0 Å². The zero-order valence-electron chi connectivity index (χ0n) is 7.35. The van der Waals surface area contributed by atoms with E-state index in [4.69, 9.17) is 0 Å². The van der Waals surface area contributed by atoms with Crippen molar-refractivity contribution in [1.82, 2.24) is 0 Å². The second-order valence-corrected chi connectivity index (χ2v) is 4.02. The van der Waals surface area contributed by atoms with E-state index in [9.17, 15) is 5.11 Å². The van der Waals surface area contributed by atoms with E-state index in [1.54, 1.807) is 0 Å². The molecule has 1 heteroatoms. The van der Waals surface area contributed by atoms with Gasteiger partial charge in [-0.1, -0.05) is 19.6 Å². The van der Waals surface area contributed by atoms with Gasteiger partial charge in [-0.3, -0.25) is 0 Å². The molecule has 1 aliphatic carbocycles. The molecule has 0 radical (unpaired) electrons. The van der Waals surface area contributed by atoms with Gasteiger partial charge in [-0.2, -0.15) is 0 Å². The number of hydrogen-bond acceptors (Lipinski definition) is 1. The Morgan fingerprint density at radius 3 is 2.27 bits per heavy atom. The van der Waals surface area contributed by atoms with Gasteiger partial charge in [0.25, 0.3) is 0 Å². The van der Waals surface area contributed by atoms with Gasteiger partial charge in [0.1, 0.15) is 0 Å². The molecule has 1 saturated carbocycles. The molecule has 62 valence electrons. The fourth-order valence-electron chi connectivity index (χ4n) is 1.73. The molecule has 0 saturated heterocycles. The lowest BCUT2D eigenvalue weighted by Crippen LogP contribution is -2.49. The minimum Gasteiger partial charge on any atom is -0.385 e. The first-order valence-corrected chi connectivity index (χ1v) is 3.94. The van der Waals surface area contributed by atoms with Crippen molar-refractivity contribution in [3.05, 3.63) is 24.8 Å². The van der Waals surface area contributed by atoms with Crippen molar-refractivity contribution in [3.8, 4) is 0 Å². The molecule has 1 nitrogen and oxygen atoms in total. The van der Waals surface area contributed by atoms with Crippen molar-refractivity contribution >= 4 is 0 Å². The molecule has 0 bridgehead atoms. The molecule has 0 spiro atoms. The summed E-state index contributed by atoms with van der Waals surface area (Å²) in [6.07, 6.45) is 3.47. The summed E-state index contributed by atoms with van der Waals surface area (Å²) in [6.45, 7) is 11.5. The maximum Gasteiger partial charge on any atom is 0.0867 e. The Hall–Kier alpha value is -0.560. The minimum absolute atomic E-state index is 0.133. The normalized spacial score (nSPS) is 42.8. The summed E-state index contributed by atoms with van der Waals surface area (Å²) in [5, 5.41) is 9.81. The standard InChI is InChI=1S/C10H16O/c1-5-9(4)6-10(11,7-9)8(2)3/h5,11H,1-2,6-7H2,3-4H3. The van der Waals surface area contributed by atoms with Crippen LogP contribution in [0, 0.1) is 5.41 Å². The van der Waals surface area contributed by atoms with Crippen LogP contribution in [0.15, 0.2) is 24.8 Å². The predicted molar refractivity (Wildman–Crippen MR) is 47.3 cm³/mol. The topological polar surface area (TPSA) is 20.2 Å². The molecule has 0 unspecified atom stereocenters. The Kier molecular flexibility index (Phi) is 1.72. The number of hydrogen-bond donors (Lipinski definition) is 1. The second kappa shape index (κ2) is 2.21.